The maximum atomic E-state index is 12.4. The molecule has 1 aromatic carbocycles. The van der Waals surface area contributed by atoms with Crippen molar-refractivity contribution in [3.63, 3.8) is 0 Å². The number of rotatable bonds is 9. The van der Waals surface area contributed by atoms with Gasteiger partial charge in [0.15, 0.2) is 0 Å². The first-order valence-corrected chi connectivity index (χ1v) is 12.2. The number of amides is 2. The summed E-state index contributed by atoms with van der Waals surface area (Å²) < 4.78 is 6.00. The summed E-state index contributed by atoms with van der Waals surface area (Å²) >= 11 is 11.9. The highest BCUT2D eigenvalue weighted by Gasteiger charge is 2.31. The molecule has 2 fully saturated rings. The molecule has 2 aliphatic rings. The van der Waals surface area contributed by atoms with E-state index in [2.05, 4.69) is 15.5 Å². The van der Waals surface area contributed by atoms with Gasteiger partial charge in [-0.25, -0.2) is 0 Å². The van der Waals surface area contributed by atoms with Crippen LogP contribution in [0.15, 0.2) is 18.2 Å². The van der Waals surface area contributed by atoms with E-state index in [0.717, 1.165) is 32.5 Å². The lowest BCUT2D eigenvalue weighted by molar-refractivity contribution is -0.128. The van der Waals surface area contributed by atoms with Crippen molar-refractivity contribution in [1.82, 2.24) is 15.5 Å². The molecule has 1 aromatic rings. The molecule has 178 valence electrons. The third-order valence-electron chi connectivity index (χ3n) is 6.12. The van der Waals surface area contributed by atoms with Gasteiger partial charge in [-0.2, -0.15) is 0 Å². The second-order valence-corrected chi connectivity index (χ2v) is 9.46. The summed E-state index contributed by atoms with van der Waals surface area (Å²) in [6, 6.07) is 4.53. The molecular formula is C23H33Cl2N3O4. The van der Waals surface area contributed by atoms with Crippen LogP contribution in [0.25, 0.3) is 0 Å². The lowest BCUT2D eigenvalue weighted by Gasteiger charge is -2.36. The van der Waals surface area contributed by atoms with E-state index in [1.807, 2.05) is 0 Å². The van der Waals surface area contributed by atoms with E-state index in [1.54, 1.807) is 18.2 Å². The van der Waals surface area contributed by atoms with Crippen LogP contribution in [-0.4, -0.2) is 72.9 Å². The van der Waals surface area contributed by atoms with Gasteiger partial charge in [0.2, 0.25) is 5.91 Å². The van der Waals surface area contributed by atoms with E-state index in [9.17, 15) is 14.7 Å². The number of aliphatic hydroxyl groups excluding tert-OH is 1. The molecule has 0 aromatic heterocycles. The normalized spacial score (nSPS) is 24.2. The molecule has 0 aliphatic carbocycles. The van der Waals surface area contributed by atoms with Crippen LogP contribution in [0.5, 0.6) is 0 Å². The van der Waals surface area contributed by atoms with Gasteiger partial charge in [0, 0.05) is 35.1 Å². The molecule has 3 N–H and O–H groups in total. The quantitative estimate of drug-likeness (QED) is 0.499. The van der Waals surface area contributed by atoms with Crippen LogP contribution in [0.2, 0.25) is 10.0 Å². The van der Waals surface area contributed by atoms with Crippen molar-refractivity contribution >= 4 is 35.0 Å². The summed E-state index contributed by atoms with van der Waals surface area (Å²) in [5, 5.41) is 16.5. The summed E-state index contributed by atoms with van der Waals surface area (Å²) in [5.41, 5.74) is 0.410. The molecular weight excluding hydrogens is 453 g/mol. The van der Waals surface area contributed by atoms with Crippen LogP contribution >= 0.6 is 23.2 Å². The minimum Gasteiger partial charge on any atom is -0.394 e. The highest BCUT2D eigenvalue weighted by Crippen LogP contribution is 2.22. The third kappa shape index (κ3) is 7.89. The Bertz CT molecular complexity index is 753. The molecule has 9 heteroatoms. The number of ether oxygens (including phenoxy) is 1. The fourth-order valence-corrected chi connectivity index (χ4v) is 4.89. The third-order valence-corrected chi connectivity index (χ3v) is 6.56. The van der Waals surface area contributed by atoms with Crippen molar-refractivity contribution in [3.8, 4) is 0 Å². The van der Waals surface area contributed by atoms with Crippen molar-refractivity contribution in [1.29, 1.82) is 0 Å². The van der Waals surface area contributed by atoms with Crippen molar-refractivity contribution in [2.45, 2.75) is 63.2 Å². The van der Waals surface area contributed by atoms with Crippen molar-refractivity contribution in [3.05, 3.63) is 33.8 Å². The Morgan fingerprint density at radius 2 is 1.81 bits per heavy atom. The largest absolute Gasteiger partial charge is 0.394 e. The van der Waals surface area contributed by atoms with Crippen molar-refractivity contribution in [2.24, 2.45) is 0 Å². The summed E-state index contributed by atoms with van der Waals surface area (Å²) in [7, 11) is 0. The lowest BCUT2D eigenvalue weighted by Crippen LogP contribution is -2.51. The molecule has 0 bridgehead atoms. The van der Waals surface area contributed by atoms with Gasteiger partial charge in [0.25, 0.3) is 5.91 Å². The first-order valence-electron chi connectivity index (χ1n) is 11.5. The zero-order valence-corrected chi connectivity index (χ0v) is 19.8. The minimum absolute atomic E-state index is 0.00789. The predicted molar refractivity (Wildman–Crippen MR) is 125 cm³/mol. The van der Waals surface area contributed by atoms with Gasteiger partial charge in [0.05, 0.1) is 18.8 Å². The number of halogens is 2. The van der Waals surface area contributed by atoms with Gasteiger partial charge in [-0.1, -0.05) is 29.6 Å². The zero-order chi connectivity index (χ0) is 22.9. The van der Waals surface area contributed by atoms with Gasteiger partial charge in [-0.3, -0.25) is 9.59 Å². The predicted octanol–water partition coefficient (Wildman–Crippen LogP) is 3.01. The minimum atomic E-state index is -0.435. The number of carbonyl (C=O) groups excluding carboxylic acids is 2. The van der Waals surface area contributed by atoms with Gasteiger partial charge in [0.1, 0.15) is 6.10 Å². The molecule has 2 heterocycles. The van der Waals surface area contributed by atoms with E-state index in [4.69, 9.17) is 27.9 Å². The number of hydrogen-bond acceptors (Lipinski definition) is 5. The fraction of sp³-hybridized carbons (Fsp3) is 0.652. The molecule has 2 aliphatic heterocycles. The molecule has 0 radical (unpaired) electrons. The molecule has 3 atom stereocenters. The Kier molecular flexibility index (Phi) is 10.1. The lowest BCUT2D eigenvalue weighted by atomic mass is 9.97. The molecule has 7 nitrogen and oxygen atoms in total. The van der Waals surface area contributed by atoms with E-state index >= 15 is 0 Å². The van der Waals surface area contributed by atoms with Crippen LogP contribution in [0.1, 0.15) is 55.3 Å². The maximum absolute atomic E-state index is 12.4. The van der Waals surface area contributed by atoms with Gasteiger partial charge >= 0.3 is 0 Å². The first-order chi connectivity index (χ1) is 15.4. The average Bonchev–Trinajstić information content (AvgIpc) is 2.78. The van der Waals surface area contributed by atoms with E-state index in [0.29, 0.717) is 35.0 Å². The van der Waals surface area contributed by atoms with Crippen molar-refractivity contribution < 1.29 is 19.4 Å². The average molecular weight is 486 g/mol. The number of nitrogens with one attached hydrogen (secondary N) is 2. The van der Waals surface area contributed by atoms with Crippen LogP contribution in [0, 0.1) is 0 Å². The Morgan fingerprint density at radius 3 is 2.50 bits per heavy atom. The Balaban J connectivity index is 1.37. The fourth-order valence-electron chi connectivity index (χ4n) is 4.36. The summed E-state index contributed by atoms with van der Waals surface area (Å²) in [5.74, 6) is -0.240. The summed E-state index contributed by atoms with van der Waals surface area (Å²) in [6.07, 6.45) is 5.75. The van der Waals surface area contributed by atoms with Gasteiger partial charge < -0.3 is 25.4 Å². The van der Waals surface area contributed by atoms with Gasteiger partial charge in [-0.15, -0.1) is 0 Å². The molecule has 0 spiro atoms. The number of piperidine rings is 1. The number of hydrogen-bond donors (Lipinski definition) is 3. The molecule has 2 saturated heterocycles. The van der Waals surface area contributed by atoms with Crippen LogP contribution in [0.4, 0.5) is 0 Å². The van der Waals surface area contributed by atoms with E-state index in [1.165, 1.54) is 19.3 Å². The molecule has 0 unspecified atom stereocenters. The summed E-state index contributed by atoms with van der Waals surface area (Å²) in [4.78, 5) is 27.0. The molecule has 2 amide bonds. The highest BCUT2D eigenvalue weighted by atomic mass is 35.5. The van der Waals surface area contributed by atoms with E-state index < -0.39 is 6.10 Å². The first kappa shape index (κ1) is 25.2. The number of carbonyl (C=O) groups is 2. The Morgan fingerprint density at radius 1 is 1.09 bits per heavy atom. The smallest absolute Gasteiger partial charge is 0.251 e. The van der Waals surface area contributed by atoms with Crippen LogP contribution in [-0.2, 0) is 9.53 Å². The summed E-state index contributed by atoms with van der Waals surface area (Å²) in [6.45, 7) is 3.20. The number of likely N-dealkylation sites (tertiary alicyclic amines) is 1. The second-order valence-electron chi connectivity index (χ2n) is 8.59. The Hall–Kier alpha value is -1.38. The van der Waals surface area contributed by atoms with Crippen molar-refractivity contribution in [2.75, 3.05) is 32.8 Å². The second kappa shape index (κ2) is 12.8. The Labute approximate surface area is 199 Å². The van der Waals surface area contributed by atoms with E-state index in [-0.39, 0.29) is 30.6 Å². The zero-order valence-electron chi connectivity index (χ0n) is 18.3. The van der Waals surface area contributed by atoms with Crippen LogP contribution < -0.4 is 10.6 Å². The van der Waals surface area contributed by atoms with Gasteiger partial charge in [-0.05, 0) is 63.4 Å². The number of aliphatic hydroxyl groups is 1. The van der Waals surface area contributed by atoms with Crippen LogP contribution in [0.3, 0.4) is 0 Å². The topological polar surface area (TPSA) is 90.9 Å². The standard InChI is InChI=1S/C23H33Cl2N3O4/c24-17-12-16(13-18(25)14-17)23(31)26-8-6-19-4-5-20(21(15-29)32-19)27-22(30)7-11-28-9-2-1-3-10-28/h12-14,19-21,29H,1-11,15H2,(H,26,31)(H,27,30)/t19-,20-,21-/m0/s1. The molecule has 32 heavy (non-hydrogen) atoms. The SMILES string of the molecule is O=C(CCN1CCCCC1)N[C@H]1CC[C@@H](CCNC(=O)c2cc(Cl)cc(Cl)c2)O[C@H]1CO. The monoisotopic (exact) mass is 485 g/mol. The highest BCUT2D eigenvalue weighted by molar-refractivity contribution is 6.35. The molecule has 0 saturated carbocycles. The number of nitrogens with zero attached hydrogens (tertiary/aromatic N) is 1. The maximum Gasteiger partial charge on any atom is 0.251 e. The number of benzene rings is 1. The molecule has 3 rings (SSSR count).